The van der Waals surface area contributed by atoms with Crippen LogP contribution in [0.1, 0.15) is 17.3 Å². The molecule has 1 N–H and O–H groups in total. The monoisotopic (exact) mass is 488 g/mol. The van der Waals surface area contributed by atoms with Gasteiger partial charge in [-0.1, -0.05) is 30.3 Å². The van der Waals surface area contributed by atoms with E-state index in [0.29, 0.717) is 22.7 Å². The largest absolute Gasteiger partial charge is 0.484 e. The summed E-state index contributed by atoms with van der Waals surface area (Å²) in [6.45, 7) is 1.25. The number of benzene rings is 4. The lowest BCUT2D eigenvalue weighted by Gasteiger charge is -2.20. The van der Waals surface area contributed by atoms with Crippen molar-refractivity contribution in [1.29, 1.82) is 0 Å². The van der Waals surface area contributed by atoms with Gasteiger partial charge in [-0.15, -0.1) is 0 Å². The predicted octanol–water partition coefficient (Wildman–Crippen LogP) is 4.89. The summed E-state index contributed by atoms with van der Waals surface area (Å²) in [6.07, 6.45) is 0. The fourth-order valence-corrected chi connectivity index (χ4v) is 4.74. The molecular weight excluding hydrogens is 464 g/mol. The maximum atomic E-state index is 13.1. The molecule has 0 radical (unpaired) electrons. The Bertz CT molecular complexity index is 1480. The second-order valence-electron chi connectivity index (χ2n) is 7.95. The van der Waals surface area contributed by atoms with E-state index in [0.717, 1.165) is 10.8 Å². The average molecular weight is 489 g/mol. The third-order valence-corrected chi connectivity index (χ3v) is 7.31. The van der Waals surface area contributed by atoms with E-state index in [2.05, 4.69) is 5.32 Å². The Hall–Kier alpha value is -4.17. The summed E-state index contributed by atoms with van der Waals surface area (Å²) in [7, 11) is -2.27. The molecule has 0 aliphatic carbocycles. The molecule has 0 spiro atoms. The van der Waals surface area contributed by atoms with E-state index in [9.17, 15) is 18.0 Å². The highest BCUT2D eigenvalue weighted by molar-refractivity contribution is 7.92. The SMILES string of the molecule is CC(=O)c1ccc(NC(=O)COc2ccc(N(C)S(=O)(=O)c3ccc4ccccc4c3)cc2)cc1. The van der Waals surface area contributed by atoms with Gasteiger partial charge in [0.25, 0.3) is 15.9 Å². The first-order valence-corrected chi connectivity index (χ1v) is 12.3. The number of ether oxygens (including phenoxy) is 1. The quantitative estimate of drug-likeness (QED) is 0.357. The van der Waals surface area contributed by atoms with Crippen LogP contribution in [-0.4, -0.2) is 33.8 Å². The van der Waals surface area contributed by atoms with E-state index in [1.165, 1.54) is 18.3 Å². The average Bonchev–Trinajstić information content (AvgIpc) is 2.87. The third kappa shape index (κ3) is 5.50. The molecule has 0 aromatic heterocycles. The van der Waals surface area contributed by atoms with Crippen molar-refractivity contribution in [3.05, 3.63) is 96.6 Å². The van der Waals surface area contributed by atoms with Crippen molar-refractivity contribution in [3.8, 4) is 5.75 Å². The molecule has 0 aliphatic heterocycles. The highest BCUT2D eigenvalue weighted by Crippen LogP contribution is 2.26. The van der Waals surface area contributed by atoms with Crippen LogP contribution >= 0.6 is 0 Å². The highest BCUT2D eigenvalue weighted by Gasteiger charge is 2.21. The molecular formula is C27H24N2O5S. The second kappa shape index (κ2) is 9.99. The maximum absolute atomic E-state index is 13.1. The van der Waals surface area contributed by atoms with Crippen molar-refractivity contribution >= 4 is 43.9 Å². The lowest BCUT2D eigenvalue weighted by molar-refractivity contribution is -0.118. The molecule has 0 atom stereocenters. The van der Waals surface area contributed by atoms with Gasteiger partial charge in [0.05, 0.1) is 10.6 Å². The minimum Gasteiger partial charge on any atom is -0.484 e. The van der Waals surface area contributed by atoms with E-state index in [-0.39, 0.29) is 23.2 Å². The number of rotatable bonds is 8. The molecule has 4 rings (SSSR count). The molecule has 0 saturated carbocycles. The van der Waals surface area contributed by atoms with Gasteiger partial charge in [-0.2, -0.15) is 0 Å². The fourth-order valence-electron chi connectivity index (χ4n) is 3.51. The Kier molecular flexibility index (Phi) is 6.84. The van der Waals surface area contributed by atoms with Gasteiger partial charge in [0, 0.05) is 18.3 Å². The summed E-state index contributed by atoms with van der Waals surface area (Å²) < 4.78 is 33.0. The summed E-state index contributed by atoms with van der Waals surface area (Å²) in [6, 6.07) is 25.6. The molecule has 4 aromatic rings. The van der Waals surface area contributed by atoms with Crippen LogP contribution in [0.3, 0.4) is 0 Å². The van der Waals surface area contributed by atoms with Crippen molar-refractivity contribution in [3.63, 3.8) is 0 Å². The van der Waals surface area contributed by atoms with Crippen LogP contribution in [0.5, 0.6) is 5.75 Å². The molecule has 0 heterocycles. The van der Waals surface area contributed by atoms with Gasteiger partial charge in [0.2, 0.25) is 0 Å². The lowest BCUT2D eigenvalue weighted by Crippen LogP contribution is -2.26. The van der Waals surface area contributed by atoms with Crippen molar-refractivity contribution in [2.45, 2.75) is 11.8 Å². The first-order chi connectivity index (χ1) is 16.7. The lowest BCUT2D eigenvalue weighted by atomic mass is 10.1. The number of amides is 1. The first-order valence-electron chi connectivity index (χ1n) is 10.9. The van der Waals surface area contributed by atoms with Gasteiger partial charge in [0.15, 0.2) is 12.4 Å². The predicted molar refractivity (Wildman–Crippen MR) is 137 cm³/mol. The zero-order valence-corrected chi connectivity index (χ0v) is 20.1. The third-order valence-electron chi connectivity index (χ3n) is 5.52. The van der Waals surface area contributed by atoms with Crippen molar-refractivity contribution < 1.29 is 22.7 Å². The van der Waals surface area contributed by atoms with Crippen molar-refractivity contribution in [1.82, 2.24) is 0 Å². The van der Waals surface area contributed by atoms with Crippen LogP contribution < -0.4 is 14.4 Å². The van der Waals surface area contributed by atoms with Gasteiger partial charge < -0.3 is 10.1 Å². The number of nitrogens with one attached hydrogen (secondary N) is 1. The number of nitrogens with zero attached hydrogens (tertiary/aromatic N) is 1. The molecule has 35 heavy (non-hydrogen) atoms. The zero-order chi connectivity index (χ0) is 25.0. The molecule has 0 fully saturated rings. The van der Waals surface area contributed by atoms with Crippen LogP contribution in [-0.2, 0) is 14.8 Å². The van der Waals surface area contributed by atoms with Crippen LogP contribution in [0, 0.1) is 0 Å². The van der Waals surface area contributed by atoms with Gasteiger partial charge in [-0.05, 0) is 78.4 Å². The van der Waals surface area contributed by atoms with E-state index < -0.39 is 10.0 Å². The van der Waals surface area contributed by atoms with Gasteiger partial charge in [-0.25, -0.2) is 8.42 Å². The molecule has 0 saturated heterocycles. The topological polar surface area (TPSA) is 92.8 Å². The zero-order valence-electron chi connectivity index (χ0n) is 19.3. The Balaban J connectivity index is 1.38. The first kappa shape index (κ1) is 24.0. The smallest absolute Gasteiger partial charge is 0.264 e. The van der Waals surface area contributed by atoms with E-state index >= 15 is 0 Å². The van der Waals surface area contributed by atoms with Gasteiger partial charge >= 0.3 is 0 Å². The molecule has 0 bridgehead atoms. The number of Topliss-reactive ketones (excluding diaryl/α,β-unsaturated/α-hetero) is 1. The maximum Gasteiger partial charge on any atom is 0.264 e. The Morgan fingerprint density at radius 1 is 0.857 bits per heavy atom. The number of anilines is 2. The Labute approximate surface area is 204 Å². The van der Waals surface area contributed by atoms with Crippen molar-refractivity contribution in [2.24, 2.45) is 0 Å². The van der Waals surface area contributed by atoms with Crippen molar-refractivity contribution in [2.75, 3.05) is 23.3 Å². The number of hydrogen-bond acceptors (Lipinski definition) is 5. The molecule has 7 nitrogen and oxygen atoms in total. The Morgan fingerprint density at radius 2 is 1.51 bits per heavy atom. The fraction of sp³-hybridized carbons (Fsp3) is 0.111. The summed E-state index contributed by atoms with van der Waals surface area (Å²) in [5.41, 5.74) is 1.58. The normalized spacial score (nSPS) is 11.1. The summed E-state index contributed by atoms with van der Waals surface area (Å²) in [5.74, 6) is 0.0124. The number of hydrogen-bond donors (Lipinski definition) is 1. The number of carbonyl (C=O) groups excluding carboxylic acids is 2. The molecule has 0 unspecified atom stereocenters. The number of fused-ring (bicyclic) bond motifs is 1. The molecule has 1 amide bonds. The van der Waals surface area contributed by atoms with E-state index in [1.807, 2.05) is 24.3 Å². The van der Waals surface area contributed by atoms with E-state index in [1.54, 1.807) is 66.7 Å². The summed E-state index contributed by atoms with van der Waals surface area (Å²) in [5, 5.41) is 4.51. The van der Waals surface area contributed by atoms with Gasteiger partial charge in [0.1, 0.15) is 5.75 Å². The molecule has 178 valence electrons. The minimum atomic E-state index is -3.76. The van der Waals surface area contributed by atoms with Crippen LogP contribution in [0.25, 0.3) is 10.8 Å². The van der Waals surface area contributed by atoms with Crippen LogP contribution in [0.15, 0.2) is 95.9 Å². The van der Waals surface area contributed by atoms with E-state index in [4.69, 9.17) is 4.74 Å². The number of sulfonamides is 1. The second-order valence-corrected chi connectivity index (χ2v) is 9.92. The minimum absolute atomic E-state index is 0.0506. The molecule has 8 heteroatoms. The standard InChI is InChI=1S/C27H24N2O5S/c1-19(30)20-7-10-23(11-8-20)28-27(31)18-34-25-14-12-24(13-15-25)29(2)35(32,33)26-16-9-21-5-3-4-6-22(21)17-26/h3-17H,18H2,1-2H3,(H,28,31). The molecule has 4 aromatic carbocycles. The number of ketones is 1. The van der Waals surface area contributed by atoms with Gasteiger partial charge in [-0.3, -0.25) is 13.9 Å². The van der Waals surface area contributed by atoms with Crippen LogP contribution in [0.4, 0.5) is 11.4 Å². The van der Waals surface area contributed by atoms with Crippen LogP contribution in [0.2, 0.25) is 0 Å². The molecule has 0 aliphatic rings. The highest BCUT2D eigenvalue weighted by atomic mass is 32.2. The number of carbonyl (C=O) groups is 2. The summed E-state index contributed by atoms with van der Waals surface area (Å²) >= 11 is 0. The summed E-state index contributed by atoms with van der Waals surface area (Å²) in [4.78, 5) is 23.7. The Morgan fingerprint density at radius 3 is 2.17 bits per heavy atom.